The van der Waals surface area contributed by atoms with Crippen LogP contribution in [0.4, 0.5) is 0 Å². The predicted octanol–water partition coefficient (Wildman–Crippen LogP) is 4.91. The number of carbonyl (C=O) groups is 2. The Labute approximate surface area is 247 Å². The third kappa shape index (κ3) is 5.46. The summed E-state index contributed by atoms with van der Waals surface area (Å²) in [6.07, 6.45) is 1.60. The molecular formula is C29H22Cl2N2O7S. The number of hydrogen-bond donors (Lipinski definition) is 0. The maximum absolute atomic E-state index is 13.8. The summed E-state index contributed by atoms with van der Waals surface area (Å²) in [4.78, 5) is 43.2. The van der Waals surface area contributed by atoms with Crippen molar-refractivity contribution in [1.29, 1.82) is 0 Å². The fourth-order valence-corrected chi connectivity index (χ4v) is 5.90. The first-order valence-electron chi connectivity index (χ1n) is 12.1. The molecule has 5 rings (SSSR count). The number of fused-ring (bicyclic) bond motifs is 1. The highest BCUT2D eigenvalue weighted by molar-refractivity contribution is 7.07. The molecule has 0 N–H and O–H groups in total. The Morgan fingerprint density at radius 1 is 1.07 bits per heavy atom. The summed E-state index contributed by atoms with van der Waals surface area (Å²) in [6.45, 7) is 2.95. The van der Waals surface area contributed by atoms with Crippen molar-refractivity contribution in [3.63, 3.8) is 0 Å². The largest absolute Gasteiger partial charge is 0.493 e. The van der Waals surface area contributed by atoms with E-state index in [0.29, 0.717) is 47.7 Å². The zero-order valence-electron chi connectivity index (χ0n) is 22.2. The van der Waals surface area contributed by atoms with E-state index >= 15 is 0 Å². The fourth-order valence-electron chi connectivity index (χ4n) is 4.49. The normalized spacial score (nSPS) is 14.9. The molecule has 0 aliphatic carbocycles. The van der Waals surface area contributed by atoms with Crippen molar-refractivity contribution in [2.75, 3.05) is 14.2 Å². The summed E-state index contributed by atoms with van der Waals surface area (Å²) in [5.41, 5.74) is 1.33. The number of allylic oxidation sites excluding steroid dienone is 1. The van der Waals surface area contributed by atoms with Crippen LogP contribution in [-0.4, -0.2) is 30.7 Å². The molecule has 0 radical (unpaired) electrons. The molecule has 12 heteroatoms. The quantitative estimate of drug-likeness (QED) is 0.225. The number of rotatable bonds is 6. The van der Waals surface area contributed by atoms with Gasteiger partial charge in [-0.25, -0.2) is 9.79 Å². The molecule has 1 atom stereocenters. The summed E-state index contributed by atoms with van der Waals surface area (Å²) < 4.78 is 23.4. The van der Waals surface area contributed by atoms with Gasteiger partial charge >= 0.3 is 11.9 Å². The lowest BCUT2D eigenvalue weighted by molar-refractivity contribution is -0.136. The van der Waals surface area contributed by atoms with Crippen molar-refractivity contribution in [2.24, 2.45) is 4.99 Å². The predicted molar refractivity (Wildman–Crippen MR) is 154 cm³/mol. The van der Waals surface area contributed by atoms with Gasteiger partial charge in [0.05, 0.1) is 41.1 Å². The van der Waals surface area contributed by atoms with Crippen LogP contribution >= 0.6 is 34.5 Å². The molecule has 4 aromatic rings. The Morgan fingerprint density at radius 3 is 2.56 bits per heavy atom. The van der Waals surface area contributed by atoms with Crippen molar-refractivity contribution in [1.82, 2.24) is 4.57 Å². The van der Waals surface area contributed by atoms with Gasteiger partial charge < -0.3 is 18.6 Å². The average Bonchev–Trinajstić information content (AvgIpc) is 3.53. The summed E-state index contributed by atoms with van der Waals surface area (Å²) in [6, 6.07) is 12.4. The molecule has 210 valence electrons. The van der Waals surface area contributed by atoms with Crippen LogP contribution in [0, 0.1) is 0 Å². The van der Waals surface area contributed by atoms with E-state index < -0.39 is 23.5 Å². The Morgan fingerprint density at radius 2 is 1.85 bits per heavy atom. The molecule has 0 bridgehead atoms. The van der Waals surface area contributed by atoms with Crippen LogP contribution in [0.1, 0.15) is 31.2 Å². The van der Waals surface area contributed by atoms with Crippen LogP contribution in [0.3, 0.4) is 0 Å². The minimum Gasteiger partial charge on any atom is -0.493 e. The van der Waals surface area contributed by atoms with Crippen molar-refractivity contribution in [3.8, 4) is 22.8 Å². The summed E-state index contributed by atoms with van der Waals surface area (Å²) in [5.74, 6) is 0.190. The zero-order valence-corrected chi connectivity index (χ0v) is 24.5. The summed E-state index contributed by atoms with van der Waals surface area (Å²) in [7, 11) is 2.68. The van der Waals surface area contributed by atoms with Crippen molar-refractivity contribution >= 4 is 52.6 Å². The van der Waals surface area contributed by atoms with E-state index in [1.165, 1.54) is 25.7 Å². The van der Waals surface area contributed by atoms with Crippen molar-refractivity contribution in [3.05, 3.63) is 101 Å². The lowest BCUT2D eigenvalue weighted by Gasteiger charge is -2.25. The van der Waals surface area contributed by atoms with Crippen molar-refractivity contribution in [2.45, 2.75) is 19.9 Å². The molecule has 2 aromatic heterocycles. The van der Waals surface area contributed by atoms with Crippen LogP contribution in [-0.2, 0) is 14.3 Å². The maximum Gasteiger partial charge on any atom is 0.338 e. The summed E-state index contributed by atoms with van der Waals surface area (Å²) >= 11 is 13.6. The second-order valence-corrected chi connectivity index (χ2v) is 10.8. The first kappa shape index (κ1) is 28.4. The lowest BCUT2D eigenvalue weighted by Crippen LogP contribution is -2.39. The monoisotopic (exact) mass is 612 g/mol. The van der Waals surface area contributed by atoms with E-state index in [1.54, 1.807) is 61.5 Å². The van der Waals surface area contributed by atoms with Crippen LogP contribution in [0.25, 0.3) is 17.4 Å². The Bertz CT molecular complexity index is 1920. The van der Waals surface area contributed by atoms with Gasteiger partial charge in [0.1, 0.15) is 11.5 Å². The van der Waals surface area contributed by atoms with E-state index in [9.17, 15) is 14.4 Å². The van der Waals surface area contributed by atoms with E-state index in [4.69, 9.17) is 41.8 Å². The van der Waals surface area contributed by atoms with Gasteiger partial charge in [-0.3, -0.25) is 14.2 Å². The smallest absolute Gasteiger partial charge is 0.338 e. The average molecular weight is 613 g/mol. The molecule has 0 fully saturated rings. The second kappa shape index (κ2) is 11.4. The van der Waals surface area contributed by atoms with Gasteiger partial charge in [0.15, 0.2) is 16.3 Å². The van der Waals surface area contributed by atoms with Gasteiger partial charge in [0, 0.05) is 23.6 Å². The fraction of sp³-hybridized carbons (Fsp3) is 0.172. The number of furan rings is 1. The molecule has 0 saturated carbocycles. The zero-order chi connectivity index (χ0) is 29.4. The molecule has 2 aromatic carbocycles. The number of nitrogens with zero attached hydrogens (tertiary/aromatic N) is 2. The highest BCUT2D eigenvalue weighted by Crippen LogP contribution is 2.36. The van der Waals surface area contributed by atoms with E-state index in [0.717, 1.165) is 11.3 Å². The van der Waals surface area contributed by atoms with Crippen LogP contribution in [0.15, 0.2) is 74.0 Å². The van der Waals surface area contributed by atoms with Crippen LogP contribution < -0.4 is 24.4 Å². The molecule has 1 aliphatic rings. The Balaban J connectivity index is 1.65. The number of benzene rings is 2. The topological polar surface area (TPSA) is 109 Å². The van der Waals surface area contributed by atoms with E-state index in [2.05, 4.69) is 4.99 Å². The van der Waals surface area contributed by atoms with E-state index in [1.807, 2.05) is 0 Å². The SMILES string of the molecule is COC(=O)C1=C(C)N=c2s/c(=C/c3ccc(-c4cc(Cl)ccc4Cl)o3)c(=O)n2[C@@H]1c1ccc(OC(C)=O)c(OC)c1. The second-order valence-electron chi connectivity index (χ2n) is 8.90. The van der Waals surface area contributed by atoms with Gasteiger partial charge in [0.2, 0.25) is 0 Å². The van der Waals surface area contributed by atoms with E-state index in [-0.39, 0.29) is 17.1 Å². The number of ether oxygens (including phenoxy) is 3. The molecule has 0 saturated heterocycles. The molecule has 0 unspecified atom stereocenters. The number of carbonyl (C=O) groups excluding carboxylic acids is 2. The Kier molecular flexibility index (Phi) is 7.90. The molecular weight excluding hydrogens is 591 g/mol. The van der Waals surface area contributed by atoms with Gasteiger partial charge in [-0.05, 0) is 55.0 Å². The van der Waals surface area contributed by atoms with Gasteiger partial charge in [-0.15, -0.1) is 0 Å². The molecule has 1 aliphatic heterocycles. The molecule has 3 heterocycles. The molecule has 0 amide bonds. The maximum atomic E-state index is 13.8. The number of halogens is 2. The number of aromatic nitrogens is 1. The number of thiazole rings is 1. The highest BCUT2D eigenvalue weighted by Gasteiger charge is 2.33. The number of methoxy groups -OCH3 is 2. The standard InChI is InChI=1S/C29H22Cl2N2O7S/c1-14-25(28(36)38-4)26(16-5-9-22(39-15(2)34)23(11-16)37-3)33-27(35)24(41-29(33)32-14)13-18-7-10-21(40-18)19-12-17(30)6-8-20(19)31/h5-13,26H,1-4H3/b24-13+/t26-/m1/s1. The third-order valence-electron chi connectivity index (χ3n) is 6.28. The van der Waals surface area contributed by atoms with Gasteiger partial charge in [-0.1, -0.05) is 40.6 Å². The van der Waals surface area contributed by atoms with Gasteiger partial charge in [0.25, 0.3) is 5.56 Å². The van der Waals surface area contributed by atoms with Crippen LogP contribution in [0.2, 0.25) is 10.0 Å². The molecule has 9 nitrogen and oxygen atoms in total. The number of hydrogen-bond acceptors (Lipinski definition) is 9. The lowest BCUT2D eigenvalue weighted by atomic mass is 9.95. The minimum atomic E-state index is -0.890. The van der Waals surface area contributed by atoms with Gasteiger partial charge in [-0.2, -0.15) is 0 Å². The molecule has 0 spiro atoms. The minimum absolute atomic E-state index is 0.185. The van der Waals surface area contributed by atoms with Crippen LogP contribution in [0.5, 0.6) is 11.5 Å². The highest BCUT2D eigenvalue weighted by atomic mass is 35.5. The number of esters is 2. The Hall–Kier alpha value is -4.12. The third-order valence-corrected chi connectivity index (χ3v) is 7.83. The summed E-state index contributed by atoms with van der Waals surface area (Å²) in [5, 5.41) is 0.973. The first-order valence-corrected chi connectivity index (χ1v) is 13.7. The van der Waals surface area contributed by atoms with Crippen molar-refractivity contribution < 1.29 is 28.2 Å². The first-order chi connectivity index (χ1) is 19.6. The molecule has 41 heavy (non-hydrogen) atoms.